The van der Waals surface area contributed by atoms with Crippen LogP contribution in [0.25, 0.3) is 0 Å². The zero-order valence-electron chi connectivity index (χ0n) is 6.95. The first-order valence-electron chi connectivity index (χ1n) is 4.38. The van der Waals surface area contributed by atoms with Gasteiger partial charge in [0.1, 0.15) is 0 Å². The van der Waals surface area contributed by atoms with Gasteiger partial charge in [-0.1, -0.05) is 0 Å². The van der Waals surface area contributed by atoms with Crippen LogP contribution >= 0.6 is 0 Å². The first-order chi connectivity index (χ1) is 5.77. The van der Waals surface area contributed by atoms with Gasteiger partial charge in [-0.05, 0) is 6.42 Å². The van der Waals surface area contributed by atoms with E-state index in [0.29, 0.717) is 12.0 Å². The van der Waals surface area contributed by atoms with Crippen LogP contribution in [-0.4, -0.2) is 31.7 Å². The zero-order valence-corrected chi connectivity index (χ0v) is 6.95. The molecule has 3 unspecified atom stereocenters. The molecule has 3 atom stereocenters. The minimum Gasteiger partial charge on any atom is -0.379 e. The molecule has 2 fully saturated rings. The molecule has 0 saturated carbocycles. The molecule has 2 heterocycles. The van der Waals surface area contributed by atoms with Crippen LogP contribution in [0, 0.1) is 11.8 Å². The second-order valence-electron chi connectivity index (χ2n) is 3.65. The van der Waals surface area contributed by atoms with Gasteiger partial charge in [0.25, 0.3) is 0 Å². The van der Waals surface area contributed by atoms with Gasteiger partial charge >= 0.3 is 0 Å². The highest BCUT2D eigenvalue weighted by Gasteiger charge is 2.36. The fraction of sp³-hybridized carbons (Fsp3) is 0.875. The number of nitrogens with one attached hydrogen (secondary N) is 1. The molecule has 4 heteroatoms. The van der Waals surface area contributed by atoms with Crippen molar-refractivity contribution in [3.05, 3.63) is 0 Å². The highest BCUT2D eigenvalue weighted by molar-refractivity contribution is 5.77. The van der Waals surface area contributed by atoms with Gasteiger partial charge in [-0.3, -0.25) is 4.79 Å². The van der Waals surface area contributed by atoms with E-state index in [-0.39, 0.29) is 11.8 Å². The molecule has 0 aromatic carbocycles. The Morgan fingerprint density at radius 2 is 2.33 bits per heavy atom. The summed E-state index contributed by atoms with van der Waals surface area (Å²) in [5.41, 5.74) is 5.23. The highest BCUT2D eigenvalue weighted by atomic mass is 16.5. The summed E-state index contributed by atoms with van der Waals surface area (Å²) in [5.74, 6) is 0.317. The molecule has 0 radical (unpaired) electrons. The van der Waals surface area contributed by atoms with Gasteiger partial charge in [-0.25, -0.2) is 0 Å². The molecule has 0 aromatic heterocycles. The monoisotopic (exact) mass is 170 g/mol. The zero-order chi connectivity index (χ0) is 8.55. The van der Waals surface area contributed by atoms with Crippen molar-refractivity contribution >= 4 is 5.91 Å². The van der Waals surface area contributed by atoms with Crippen molar-refractivity contribution in [2.24, 2.45) is 17.6 Å². The van der Waals surface area contributed by atoms with Crippen LogP contribution < -0.4 is 11.1 Å². The largest absolute Gasteiger partial charge is 0.379 e. The van der Waals surface area contributed by atoms with Crippen LogP contribution in [0.3, 0.4) is 0 Å². The first kappa shape index (κ1) is 8.01. The van der Waals surface area contributed by atoms with Gasteiger partial charge in [0, 0.05) is 18.5 Å². The molecule has 2 aliphatic heterocycles. The summed E-state index contributed by atoms with van der Waals surface area (Å²) in [7, 11) is 0. The van der Waals surface area contributed by atoms with Crippen LogP contribution in [0.4, 0.5) is 0 Å². The van der Waals surface area contributed by atoms with Crippen molar-refractivity contribution in [1.82, 2.24) is 5.32 Å². The number of piperidine rings is 1. The lowest BCUT2D eigenvalue weighted by molar-refractivity contribution is -0.122. The Bertz CT molecular complexity index is 195. The minimum atomic E-state index is -0.187. The average molecular weight is 170 g/mol. The number of fused-ring (bicyclic) bond motifs is 1. The van der Waals surface area contributed by atoms with Crippen molar-refractivity contribution in [2.45, 2.75) is 12.5 Å². The van der Waals surface area contributed by atoms with Crippen LogP contribution in [0.15, 0.2) is 0 Å². The van der Waals surface area contributed by atoms with Gasteiger partial charge < -0.3 is 15.8 Å². The maximum Gasteiger partial charge on any atom is 0.221 e. The fourth-order valence-electron chi connectivity index (χ4n) is 2.02. The van der Waals surface area contributed by atoms with E-state index in [1.165, 1.54) is 0 Å². The maximum absolute atomic E-state index is 10.9. The standard InChI is InChI=1S/C8H14N2O2/c9-8(11)5-1-6-3-12-4-7(6)10-2-5/h5-7,10H,1-4H2,(H2,9,11). The number of hydrogen-bond donors (Lipinski definition) is 2. The molecule has 1 amide bonds. The molecule has 2 saturated heterocycles. The first-order valence-corrected chi connectivity index (χ1v) is 4.38. The van der Waals surface area contributed by atoms with E-state index in [0.717, 1.165) is 26.2 Å². The third-order valence-electron chi connectivity index (χ3n) is 2.81. The van der Waals surface area contributed by atoms with Gasteiger partial charge in [0.2, 0.25) is 5.91 Å². The smallest absolute Gasteiger partial charge is 0.221 e. The lowest BCUT2D eigenvalue weighted by Gasteiger charge is -2.29. The third-order valence-corrected chi connectivity index (χ3v) is 2.81. The summed E-state index contributed by atoms with van der Waals surface area (Å²) in [5, 5.41) is 3.29. The Labute approximate surface area is 71.4 Å². The van der Waals surface area contributed by atoms with Gasteiger partial charge in [0.15, 0.2) is 0 Å². The van der Waals surface area contributed by atoms with Crippen molar-refractivity contribution in [2.75, 3.05) is 19.8 Å². The molecule has 0 aliphatic carbocycles. The molecule has 68 valence electrons. The van der Waals surface area contributed by atoms with E-state index < -0.39 is 0 Å². The summed E-state index contributed by atoms with van der Waals surface area (Å²) < 4.78 is 5.30. The molecule has 12 heavy (non-hydrogen) atoms. The predicted octanol–water partition coefficient (Wildman–Crippen LogP) is -0.904. The minimum absolute atomic E-state index is 0.00736. The van der Waals surface area contributed by atoms with Crippen LogP contribution in [0.2, 0.25) is 0 Å². The van der Waals surface area contributed by atoms with Gasteiger partial charge in [0.05, 0.1) is 19.1 Å². The molecule has 2 rings (SSSR count). The highest BCUT2D eigenvalue weighted by Crippen LogP contribution is 2.25. The van der Waals surface area contributed by atoms with Crippen molar-refractivity contribution in [1.29, 1.82) is 0 Å². The van der Waals surface area contributed by atoms with Crippen LogP contribution in [0.1, 0.15) is 6.42 Å². The van der Waals surface area contributed by atoms with Crippen LogP contribution in [0.5, 0.6) is 0 Å². The van der Waals surface area contributed by atoms with E-state index in [2.05, 4.69) is 5.32 Å². The number of ether oxygens (including phenoxy) is 1. The van der Waals surface area contributed by atoms with E-state index in [1.54, 1.807) is 0 Å². The normalized spacial score (nSPS) is 40.8. The second kappa shape index (κ2) is 3.03. The Morgan fingerprint density at radius 1 is 1.50 bits per heavy atom. The summed E-state index contributed by atoms with van der Waals surface area (Å²) in [6.45, 7) is 2.29. The van der Waals surface area contributed by atoms with Crippen LogP contribution in [-0.2, 0) is 9.53 Å². The number of amides is 1. The quantitative estimate of drug-likeness (QED) is 0.536. The summed E-state index contributed by atoms with van der Waals surface area (Å²) >= 11 is 0. The Balaban J connectivity index is 1.96. The summed E-state index contributed by atoms with van der Waals surface area (Å²) in [6, 6.07) is 0.459. The third kappa shape index (κ3) is 1.32. The number of carbonyl (C=O) groups is 1. The van der Waals surface area contributed by atoms with E-state index in [4.69, 9.17) is 10.5 Å². The molecular weight excluding hydrogens is 156 g/mol. The lowest BCUT2D eigenvalue weighted by atomic mass is 9.86. The van der Waals surface area contributed by atoms with Crippen molar-refractivity contribution < 1.29 is 9.53 Å². The van der Waals surface area contributed by atoms with Crippen molar-refractivity contribution in [3.8, 4) is 0 Å². The molecular formula is C8H14N2O2. The number of hydrogen-bond acceptors (Lipinski definition) is 3. The lowest BCUT2D eigenvalue weighted by Crippen LogP contribution is -2.48. The molecule has 0 bridgehead atoms. The summed E-state index contributed by atoms with van der Waals surface area (Å²) in [4.78, 5) is 10.9. The Morgan fingerprint density at radius 3 is 3.08 bits per heavy atom. The summed E-state index contributed by atoms with van der Waals surface area (Å²) in [6.07, 6.45) is 0.896. The number of nitrogens with two attached hydrogens (primary N) is 1. The molecule has 3 N–H and O–H groups in total. The Hall–Kier alpha value is -0.610. The molecule has 0 spiro atoms. The SMILES string of the molecule is NC(=O)C1CNC2COCC2C1. The number of carbonyl (C=O) groups excluding carboxylic acids is 1. The van der Waals surface area contributed by atoms with E-state index >= 15 is 0 Å². The number of rotatable bonds is 1. The average Bonchev–Trinajstić information content (AvgIpc) is 2.49. The molecule has 0 aromatic rings. The Kier molecular flexibility index (Phi) is 2.02. The molecule has 4 nitrogen and oxygen atoms in total. The molecule has 2 aliphatic rings. The van der Waals surface area contributed by atoms with Gasteiger partial charge in [-0.2, -0.15) is 0 Å². The fourth-order valence-corrected chi connectivity index (χ4v) is 2.02. The number of primary amides is 1. The van der Waals surface area contributed by atoms with E-state index in [1.807, 2.05) is 0 Å². The predicted molar refractivity (Wildman–Crippen MR) is 43.4 cm³/mol. The maximum atomic E-state index is 10.9. The second-order valence-corrected chi connectivity index (χ2v) is 3.65. The topological polar surface area (TPSA) is 64.4 Å². The van der Waals surface area contributed by atoms with Crippen molar-refractivity contribution in [3.63, 3.8) is 0 Å². The van der Waals surface area contributed by atoms with E-state index in [9.17, 15) is 4.79 Å². The van der Waals surface area contributed by atoms with Gasteiger partial charge in [-0.15, -0.1) is 0 Å².